The Balaban J connectivity index is 2.03. The number of halogens is 3. The van der Waals surface area contributed by atoms with E-state index in [1.54, 1.807) is 0 Å². The van der Waals surface area contributed by atoms with Gasteiger partial charge in [0.15, 0.2) is 0 Å². The van der Waals surface area contributed by atoms with Gasteiger partial charge in [0.05, 0.1) is 16.1 Å². The lowest BCUT2D eigenvalue weighted by Crippen LogP contribution is -2.26. The number of aryl methyl sites for hydroxylation is 1. The highest BCUT2D eigenvalue weighted by molar-refractivity contribution is 6.44. The Morgan fingerprint density at radius 2 is 1.91 bits per heavy atom. The number of benzene rings is 2. The molecule has 1 nitrogen and oxygen atoms in total. The average molecular weight is 370 g/mol. The van der Waals surface area contributed by atoms with Gasteiger partial charge >= 0.3 is 0 Å². The Hall–Kier alpha value is -0.470. The van der Waals surface area contributed by atoms with Crippen molar-refractivity contribution in [3.05, 3.63) is 43.9 Å². The summed E-state index contributed by atoms with van der Waals surface area (Å²) < 4.78 is 0. The lowest BCUT2D eigenvalue weighted by molar-refractivity contribution is 0.159. The third kappa shape index (κ3) is 2.24. The molecule has 0 heterocycles. The summed E-state index contributed by atoms with van der Waals surface area (Å²) in [4.78, 5) is 0. The molecule has 122 valence electrons. The van der Waals surface area contributed by atoms with E-state index >= 15 is 0 Å². The van der Waals surface area contributed by atoms with Crippen molar-refractivity contribution in [2.24, 2.45) is 5.41 Å². The molecule has 0 saturated heterocycles. The molecule has 4 heteroatoms. The monoisotopic (exact) mass is 368 g/mol. The van der Waals surface area contributed by atoms with Crippen molar-refractivity contribution in [2.45, 2.75) is 51.6 Å². The summed E-state index contributed by atoms with van der Waals surface area (Å²) in [5.41, 5.74) is 3.63. The Labute approximate surface area is 151 Å². The summed E-state index contributed by atoms with van der Waals surface area (Å²) in [6.07, 6.45) is 3.55. The number of aliphatic hydroxyl groups is 1. The molecule has 0 spiro atoms. The van der Waals surface area contributed by atoms with Crippen LogP contribution in [0.1, 0.15) is 48.8 Å². The van der Waals surface area contributed by atoms with E-state index in [4.69, 9.17) is 34.8 Å². The van der Waals surface area contributed by atoms with Crippen LogP contribution in [0.15, 0.2) is 12.1 Å². The molecule has 0 bridgehead atoms. The van der Waals surface area contributed by atoms with Crippen LogP contribution in [0.5, 0.6) is 0 Å². The first kappa shape index (κ1) is 16.0. The van der Waals surface area contributed by atoms with Crippen molar-refractivity contribution in [2.75, 3.05) is 0 Å². The van der Waals surface area contributed by atoms with Gasteiger partial charge in [-0.05, 0) is 78.1 Å². The van der Waals surface area contributed by atoms with Gasteiger partial charge in [-0.25, -0.2) is 0 Å². The van der Waals surface area contributed by atoms with Crippen LogP contribution in [0.25, 0.3) is 10.8 Å². The average Bonchev–Trinajstić information content (AvgIpc) is 2.79. The molecule has 0 amide bonds. The molecule has 2 aliphatic carbocycles. The predicted octanol–water partition coefficient (Wildman–Crippen LogP) is 6.30. The SMILES string of the molecule is Cc1c(Cl)cc2c3c(cc(Cl)c2c1Cl)[C@H]1C[C@H](O)C[C@]1(C)CC3. The maximum absolute atomic E-state index is 10.2. The Morgan fingerprint density at radius 3 is 2.65 bits per heavy atom. The first-order valence-corrected chi connectivity index (χ1v) is 9.23. The van der Waals surface area contributed by atoms with Crippen LogP contribution in [-0.2, 0) is 6.42 Å². The largest absolute Gasteiger partial charge is 0.393 e. The van der Waals surface area contributed by atoms with Crippen molar-refractivity contribution < 1.29 is 5.11 Å². The number of aliphatic hydroxyl groups excluding tert-OH is 1. The van der Waals surface area contributed by atoms with E-state index in [1.165, 1.54) is 11.1 Å². The fourth-order valence-corrected chi connectivity index (χ4v) is 5.66. The van der Waals surface area contributed by atoms with Crippen LogP contribution in [0.3, 0.4) is 0 Å². The summed E-state index contributed by atoms with van der Waals surface area (Å²) in [5.74, 6) is 0.363. The molecule has 0 aromatic heterocycles. The van der Waals surface area contributed by atoms with Gasteiger partial charge in [0, 0.05) is 10.4 Å². The second kappa shape index (κ2) is 5.26. The van der Waals surface area contributed by atoms with Crippen LogP contribution in [-0.4, -0.2) is 11.2 Å². The van der Waals surface area contributed by atoms with E-state index in [0.717, 1.165) is 42.0 Å². The molecule has 1 fully saturated rings. The molecule has 0 unspecified atom stereocenters. The van der Waals surface area contributed by atoms with E-state index < -0.39 is 0 Å². The molecular weight excluding hydrogens is 351 g/mol. The van der Waals surface area contributed by atoms with Gasteiger partial charge in [0.1, 0.15) is 0 Å². The number of rotatable bonds is 0. The van der Waals surface area contributed by atoms with Gasteiger partial charge < -0.3 is 5.11 Å². The van der Waals surface area contributed by atoms with Crippen molar-refractivity contribution in [3.8, 4) is 0 Å². The quantitative estimate of drug-likeness (QED) is 0.577. The van der Waals surface area contributed by atoms with Crippen LogP contribution >= 0.6 is 34.8 Å². The zero-order valence-electron chi connectivity index (χ0n) is 13.2. The van der Waals surface area contributed by atoms with Crippen molar-refractivity contribution in [3.63, 3.8) is 0 Å². The van der Waals surface area contributed by atoms with E-state index in [0.29, 0.717) is 21.0 Å². The topological polar surface area (TPSA) is 20.2 Å². The standard InChI is InChI=1S/C19H19Cl3O/c1-9-15(20)7-13-11-3-4-19(2)8-10(23)5-14(19)12(11)6-16(21)17(13)18(9)22/h6-7,10,14,23H,3-5,8H2,1-2H3/t10-,14+,19-/m0/s1. The summed E-state index contributed by atoms with van der Waals surface area (Å²) in [7, 11) is 0. The van der Waals surface area contributed by atoms with Gasteiger partial charge in [-0.1, -0.05) is 41.7 Å². The predicted molar refractivity (Wildman–Crippen MR) is 98.1 cm³/mol. The minimum atomic E-state index is -0.212. The van der Waals surface area contributed by atoms with Crippen LogP contribution < -0.4 is 0 Å². The minimum Gasteiger partial charge on any atom is -0.393 e. The molecule has 23 heavy (non-hydrogen) atoms. The zero-order chi connectivity index (χ0) is 16.5. The molecular formula is C19H19Cl3O. The van der Waals surface area contributed by atoms with Gasteiger partial charge in [-0.3, -0.25) is 0 Å². The third-order valence-electron chi connectivity index (χ3n) is 6.01. The third-order valence-corrected chi connectivity index (χ3v) is 7.18. The summed E-state index contributed by atoms with van der Waals surface area (Å²) in [5, 5.41) is 14.2. The summed E-state index contributed by atoms with van der Waals surface area (Å²) in [6.45, 7) is 4.22. The van der Waals surface area contributed by atoms with Crippen LogP contribution in [0.2, 0.25) is 15.1 Å². The lowest BCUT2D eigenvalue weighted by Gasteiger charge is -2.38. The maximum atomic E-state index is 10.2. The second-order valence-corrected chi connectivity index (χ2v) is 8.64. The molecule has 1 N–H and O–H groups in total. The molecule has 1 saturated carbocycles. The van der Waals surface area contributed by atoms with Crippen molar-refractivity contribution >= 4 is 45.6 Å². The zero-order valence-corrected chi connectivity index (χ0v) is 15.5. The Bertz CT molecular complexity index is 829. The highest BCUT2D eigenvalue weighted by Crippen LogP contribution is 2.57. The summed E-state index contributed by atoms with van der Waals surface area (Å²) in [6, 6.07) is 4.09. The van der Waals surface area contributed by atoms with Gasteiger partial charge in [-0.15, -0.1) is 0 Å². The fraction of sp³-hybridized carbons (Fsp3) is 0.474. The normalized spacial score (nSPS) is 29.7. The lowest BCUT2D eigenvalue weighted by atomic mass is 9.66. The number of fused-ring (bicyclic) bond motifs is 5. The second-order valence-electron chi connectivity index (χ2n) is 7.45. The number of hydrogen-bond acceptors (Lipinski definition) is 1. The van der Waals surface area contributed by atoms with Gasteiger partial charge in [-0.2, -0.15) is 0 Å². The van der Waals surface area contributed by atoms with Gasteiger partial charge in [0.2, 0.25) is 0 Å². The molecule has 0 radical (unpaired) electrons. The number of hydrogen-bond donors (Lipinski definition) is 1. The van der Waals surface area contributed by atoms with E-state index in [-0.39, 0.29) is 11.5 Å². The highest BCUT2D eigenvalue weighted by Gasteiger charge is 2.47. The first-order chi connectivity index (χ1) is 10.8. The van der Waals surface area contributed by atoms with Crippen molar-refractivity contribution in [1.82, 2.24) is 0 Å². The molecule has 3 atom stereocenters. The first-order valence-electron chi connectivity index (χ1n) is 8.09. The smallest absolute Gasteiger partial charge is 0.0551 e. The Morgan fingerprint density at radius 1 is 1.17 bits per heavy atom. The molecule has 4 rings (SSSR count). The highest BCUT2D eigenvalue weighted by atomic mass is 35.5. The van der Waals surface area contributed by atoms with Gasteiger partial charge in [0.25, 0.3) is 0 Å². The van der Waals surface area contributed by atoms with E-state index in [1.807, 2.05) is 13.0 Å². The summed E-state index contributed by atoms with van der Waals surface area (Å²) >= 11 is 19.5. The molecule has 2 aromatic rings. The van der Waals surface area contributed by atoms with E-state index in [2.05, 4.69) is 13.0 Å². The maximum Gasteiger partial charge on any atom is 0.0551 e. The Kier molecular flexibility index (Phi) is 3.67. The molecule has 2 aromatic carbocycles. The minimum absolute atomic E-state index is 0.168. The molecule has 0 aliphatic heterocycles. The van der Waals surface area contributed by atoms with Crippen LogP contribution in [0.4, 0.5) is 0 Å². The van der Waals surface area contributed by atoms with Crippen LogP contribution in [0, 0.1) is 12.3 Å². The fourth-order valence-electron chi connectivity index (χ4n) is 4.74. The molecule has 2 aliphatic rings. The van der Waals surface area contributed by atoms with E-state index in [9.17, 15) is 5.11 Å². The van der Waals surface area contributed by atoms with Crippen molar-refractivity contribution in [1.29, 1.82) is 0 Å².